The summed E-state index contributed by atoms with van der Waals surface area (Å²) in [6.45, 7) is 2.77. The van der Waals surface area contributed by atoms with Gasteiger partial charge in [0.25, 0.3) is 0 Å². The molecule has 72 valence electrons. The summed E-state index contributed by atoms with van der Waals surface area (Å²) in [6, 6.07) is 0. The van der Waals surface area contributed by atoms with E-state index in [1.165, 1.54) is 13.8 Å². The van der Waals surface area contributed by atoms with E-state index in [4.69, 9.17) is 15.9 Å². The second-order valence-electron chi connectivity index (χ2n) is 2.96. The molecule has 0 bridgehead atoms. The Bertz CT molecular complexity index is 323. The molecule has 0 aliphatic rings. The Hall–Kier alpha value is -1.56. The highest BCUT2D eigenvalue weighted by molar-refractivity contribution is 5.80. The Balaban J connectivity index is 3.28. The van der Waals surface area contributed by atoms with E-state index in [1.54, 1.807) is 0 Å². The Morgan fingerprint density at radius 2 is 2.23 bits per heavy atom. The number of nitrogens with two attached hydrogens (primary N) is 1. The average molecular weight is 186 g/mol. The summed E-state index contributed by atoms with van der Waals surface area (Å²) in [7, 11) is 0. The molecule has 1 unspecified atom stereocenters. The van der Waals surface area contributed by atoms with Gasteiger partial charge in [0.1, 0.15) is 5.54 Å². The number of hydrogen-bond donors (Lipinski definition) is 3. The molecule has 0 saturated carbocycles. The molecule has 0 amide bonds. The van der Waals surface area contributed by atoms with E-state index in [-0.39, 0.29) is 11.3 Å². The van der Waals surface area contributed by atoms with Crippen molar-refractivity contribution in [2.45, 2.75) is 19.4 Å². The maximum Gasteiger partial charge on any atom is 0.328 e. The Morgan fingerprint density at radius 3 is 2.54 bits per heavy atom. The molecule has 0 saturated heterocycles. The van der Waals surface area contributed by atoms with Crippen LogP contribution in [0.25, 0.3) is 0 Å². The fraction of sp³-hybridized carbons (Fsp3) is 0.429. The number of aryl methyl sites for hydroxylation is 1. The molecular weight excluding hydrogens is 176 g/mol. The predicted octanol–water partition coefficient (Wildman–Crippen LogP) is -0.0529. The number of aromatic nitrogens is 1. The molecule has 1 atom stereocenters. The van der Waals surface area contributed by atoms with E-state index in [0.717, 1.165) is 0 Å². The summed E-state index contributed by atoms with van der Waals surface area (Å²) in [5.74, 6) is -1.81. The Labute approximate surface area is 73.9 Å². The maximum atomic E-state index is 10.7. The standard InChI is InChI=1S/C7H10N2O4/c1-3-4(5(10)13-9-3)7(2,8)6(11)12/h10H,8H2,1-2H3,(H,11,12). The third-order valence-electron chi connectivity index (χ3n) is 1.81. The molecule has 0 aromatic carbocycles. The normalized spacial score (nSPS) is 15.3. The zero-order valence-electron chi connectivity index (χ0n) is 7.24. The topological polar surface area (TPSA) is 110 Å². The van der Waals surface area contributed by atoms with Gasteiger partial charge in [0.05, 0.1) is 11.3 Å². The molecule has 0 aliphatic carbocycles. The van der Waals surface area contributed by atoms with Crippen LogP contribution in [0.1, 0.15) is 18.2 Å². The monoisotopic (exact) mass is 186 g/mol. The molecule has 4 N–H and O–H groups in total. The SMILES string of the molecule is Cc1noc(O)c1C(C)(N)C(=O)O. The average Bonchev–Trinajstić information content (AvgIpc) is 2.30. The van der Waals surface area contributed by atoms with Gasteiger partial charge in [-0.2, -0.15) is 0 Å². The van der Waals surface area contributed by atoms with E-state index in [9.17, 15) is 4.79 Å². The molecule has 6 heteroatoms. The van der Waals surface area contributed by atoms with Gasteiger partial charge in [-0.1, -0.05) is 5.16 Å². The van der Waals surface area contributed by atoms with Crippen molar-refractivity contribution in [3.05, 3.63) is 11.3 Å². The van der Waals surface area contributed by atoms with Crippen LogP contribution in [0.2, 0.25) is 0 Å². The van der Waals surface area contributed by atoms with Crippen LogP contribution < -0.4 is 5.73 Å². The minimum atomic E-state index is -1.69. The summed E-state index contributed by atoms with van der Waals surface area (Å²) < 4.78 is 4.39. The summed E-state index contributed by atoms with van der Waals surface area (Å²) in [4.78, 5) is 10.7. The minimum Gasteiger partial charge on any atom is -0.480 e. The summed E-state index contributed by atoms with van der Waals surface area (Å²) in [5, 5.41) is 21.3. The van der Waals surface area contributed by atoms with Crippen molar-refractivity contribution in [2.24, 2.45) is 5.73 Å². The molecule has 1 aromatic rings. The number of rotatable bonds is 2. The number of aromatic hydroxyl groups is 1. The molecule has 1 heterocycles. The minimum absolute atomic E-state index is 0.000000000000000444. The van der Waals surface area contributed by atoms with Gasteiger partial charge in [0.2, 0.25) is 0 Å². The second-order valence-corrected chi connectivity index (χ2v) is 2.96. The van der Waals surface area contributed by atoms with Crippen LogP contribution in [-0.2, 0) is 10.3 Å². The fourth-order valence-corrected chi connectivity index (χ4v) is 1.06. The lowest BCUT2D eigenvalue weighted by molar-refractivity contribution is -0.143. The highest BCUT2D eigenvalue weighted by Crippen LogP contribution is 2.30. The van der Waals surface area contributed by atoms with E-state index in [2.05, 4.69) is 9.68 Å². The van der Waals surface area contributed by atoms with Gasteiger partial charge < -0.3 is 20.5 Å². The van der Waals surface area contributed by atoms with Crippen LogP contribution in [0.5, 0.6) is 5.95 Å². The highest BCUT2D eigenvalue weighted by atomic mass is 16.5. The second kappa shape index (κ2) is 2.74. The van der Waals surface area contributed by atoms with Crippen LogP contribution in [0.3, 0.4) is 0 Å². The molecule has 6 nitrogen and oxygen atoms in total. The number of aliphatic carboxylic acids is 1. The van der Waals surface area contributed by atoms with Crippen molar-refractivity contribution in [3.63, 3.8) is 0 Å². The van der Waals surface area contributed by atoms with Crippen molar-refractivity contribution >= 4 is 5.97 Å². The summed E-state index contributed by atoms with van der Waals surface area (Å²) in [5.41, 5.74) is 4.05. The molecular formula is C7H10N2O4. The van der Waals surface area contributed by atoms with Gasteiger partial charge in [0, 0.05) is 0 Å². The third-order valence-corrected chi connectivity index (χ3v) is 1.81. The number of hydrogen-bond acceptors (Lipinski definition) is 5. The van der Waals surface area contributed by atoms with Crippen molar-refractivity contribution in [3.8, 4) is 5.95 Å². The predicted molar refractivity (Wildman–Crippen MR) is 42.1 cm³/mol. The lowest BCUT2D eigenvalue weighted by Crippen LogP contribution is -2.42. The van der Waals surface area contributed by atoms with E-state index >= 15 is 0 Å². The first-order chi connectivity index (χ1) is 5.87. The smallest absolute Gasteiger partial charge is 0.328 e. The van der Waals surface area contributed by atoms with E-state index < -0.39 is 17.5 Å². The molecule has 0 aliphatic heterocycles. The Kier molecular flexibility index (Phi) is 2.01. The summed E-state index contributed by atoms with van der Waals surface area (Å²) >= 11 is 0. The van der Waals surface area contributed by atoms with Gasteiger partial charge in [-0.15, -0.1) is 0 Å². The Morgan fingerprint density at radius 1 is 1.69 bits per heavy atom. The lowest BCUT2D eigenvalue weighted by Gasteiger charge is -2.17. The van der Waals surface area contributed by atoms with Crippen LogP contribution in [0, 0.1) is 6.92 Å². The number of carboxylic acids is 1. The third kappa shape index (κ3) is 1.35. The van der Waals surface area contributed by atoms with Crippen LogP contribution in [0.15, 0.2) is 4.52 Å². The zero-order chi connectivity index (χ0) is 10.2. The molecule has 1 aromatic heterocycles. The maximum absolute atomic E-state index is 10.7. The van der Waals surface area contributed by atoms with E-state index in [1.807, 2.05) is 0 Å². The fourth-order valence-electron chi connectivity index (χ4n) is 1.06. The molecule has 1 rings (SSSR count). The van der Waals surface area contributed by atoms with Gasteiger partial charge in [0.15, 0.2) is 0 Å². The molecule has 0 spiro atoms. The largest absolute Gasteiger partial charge is 0.480 e. The van der Waals surface area contributed by atoms with E-state index in [0.29, 0.717) is 0 Å². The van der Waals surface area contributed by atoms with Crippen LogP contribution in [0.4, 0.5) is 0 Å². The van der Waals surface area contributed by atoms with Gasteiger partial charge in [-0.05, 0) is 13.8 Å². The number of carbonyl (C=O) groups is 1. The molecule has 0 radical (unpaired) electrons. The van der Waals surface area contributed by atoms with Crippen LogP contribution in [-0.4, -0.2) is 21.3 Å². The van der Waals surface area contributed by atoms with Gasteiger partial charge >= 0.3 is 11.9 Å². The first kappa shape index (κ1) is 9.53. The van der Waals surface area contributed by atoms with Crippen molar-refractivity contribution in [1.29, 1.82) is 0 Å². The first-order valence-electron chi connectivity index (χ1n) is 3.55. The lowest BCUT2D eigenvalue weighted by atomic mass is 9.94. The number of nitrogens with zero attached hydrogens (tertiary/aromatic N) is 1. The quantitative estimate of drug-likeness (QED) is 0.597. The zero-order valence-corrected chi connectivity index (χ0v) is 7.24. The van der Waals surface area contributed by atoms with Crippen LogP contribution >= 0.6 is 0 Å². The van der Waals surface area contributed by atoms with Crippen molar-refractivity contribution < 1.29 is 19.5 Å². The molecule has 0 fully saturated rings. The van der Waals surface area contributed by atoms with Gasteiger partial charge in [-0.3, -0.25) is 0 Å². The summed E-state index contributed by atoms with van der Waals surface area (Å²) in [6.07, 6.45) is 0. The highest BCUT2D eigenvalue weighted by Gasteiger charge is 2.37. The van der Waals surface area contributed by atoms with Crippen molar-refractivity contribution in [1.82, 2.24) is 5.16 Å². The first-order valence-corrected chi connectivity index (χ1v) is 3.55. The van der Waals surface area contributed by atoms with Gasteiger partial charge in [-0.25, -0.2) is 4.79 Å². The number of carboxylic acid groups (broad SMARTS) is 1. The molecule has 13 heavy (non-hydrogen) atoms. The van der Waals surface area contributed by atoms with Crippen molar-refractivity contribution in [2.75, 3.05) is 0 Å².